The smallest absolute Gasteiger partial charge is 0.0346 e. The van der Waals surface area contributed by atoms with Gasteiger partial charge in [0, 0.05) is 24.3 Å². The van der Waals surface area contributed by atoms with E-state index < -0.39 is 0 Å². The molecule has 90 valence electrons. The van der Waals surface area contributed by atoms with Gasteiger partial charge in [-0.25, -0.2) is 0 Å². The molecule has 0 aliphatic carbocycles. The van der Waals surface area contributed by atoms with Gasteiger partial charge in [0.15, 0.2) is 0 Å². The number of nitrogens with two attached hydrogens (primary N) is 1. The third-order valence-corrected chi connectivity index (χ3v) is 2.87. The lowest BCUT2D eigenvalue weighted by atomic mass is 10.1. The standard InChI is InChI=1S/C14H19N3/c15-7-3-4-8-16-10-13-11-17-9-12-5-1-2-6-14(12)13/h1-2,5-6,9,11,16H,3-4,7-8,10,15H2. The molecule has 1 aromatic carbocycles. The van der Waals surface area contributed by atoms with E-state index in [1.807, 2.05) is 18.5 Å². The molecular formula is C14H19N3. The second-order valence-corrected chi connectivity index (χ2v) is 4.19. The van der Waals surface area contributed by atoms with Gasteiger partial charge in [0.1, 0.15) is 0 Å². The van der Waals surface area contributed by atoms with Gasteiger partial charge in [-0.2, -0.15) is 0 Å². The number of unbranched alkanes of at least 4 members (excludes halogenated alkanes) is 1. The Labute approximate surface area is 102 Å². The Morgan fingerprint density at radius 1 is 1.12 bits per heavy atom. The van der Waals surface area contributed by atoms with Gasteiger partial charge in [0.05, 0.1) is 0 Å². The molecule has 0 saturated heterocycles. The lowest BCUT2D eigenvalue weighted by molar-refractivity contribution is 0.628. The highest BCUT2D eigenvalue weighted by Crippen LogP contribution is 2.16. The van der Waals surface area contributed by atoms with Gasteiger partial charge in [0.2, 0.25) is 0 Å². The number of nitrogens with one attached hydrogen (secondary N) is 1. The van der Waals surface area contributed by atoms with Crippen LogP contribution in [0.4, 0.5) is 0 Å². The predicted molar refractivity (Wildman–Crippen MR) is 71.7 cm³/mol. The summed E-state index contributed by atoms with van der Waals surface area (Å²) in [5, 5.41) is 5.92. The van der Waals surface area contributed by atoms with Gasteiger partial charge < -0.3 is 11.1 Å². The summed E-state index contributed by atoms with van der Waals surface area (Å²) in [4.78, 5) is 4.27. The number of fused-ring (bicyclic) bond motifs is 1. The molecule has 0 amide bonds. The summed E-state index contributed by atoms with van der Waals surface area (Å²) in [6.45, 7) is 2.66. The second kappa shape index (κ2) is 6.33. The number of hydrogen-bond donors (Lipinski definition) is 2. The summed E-state index contributed by atoms with van der Waals surface area (Å²) in [6, 6.07) is 8.36. The van der Waals surface area contributed by atoms with Crippen molar-refractivity contribution in [3.8, 4) is 0 Å². The SMILES string of the molecule is NCCCCNCc1cncc2ccccc12. The molecule has 3 nitrogen and oxygen atoms in total. The average Bonchev–Trinajstić information content (AvgIpc) is 2.39. The molecule has 2 aromatic rings. The van der Waals surface area contributed by atoms with E-state index in [9.17, 15) is 0 Å². The topological polar surface area (TPSA) is 50.9 Å². The van der Waals surface area contributed by atoms with Crippen molar-refractivity contribution in [1.29, 1.82) is 0 Å². The number of benzene rings is 1. The molecule has 0 fully saturated rings. The van der Waals surface area contributed by atoms with Crippen molar-refractivity contribution in [3.63, 3.8) is 0 Å². The van der Waals surface area contributed by atoms with E-state index in [0.717, 1.165) is 32.5 Å². The fourth-order valence-corrected chi connectivity index (χ4v) is 1.94. The van der Waals surface area contributed by atoms with Crippen molar-refractivity contribution in [2.45, 2.75) is 19.4 Å². The summed E-state index contributed by atoms with van der Waals surface area (Å²) in [5.74, 6) is 0. The Morgan fingerprint density at radius 3 is 2.88 bits per heavy atom. The van der Waals surface area contributed by atoms with Crippen LogP contribution in [0, 0.1) is 0 Å². The number of rotatable bonds is 6. The number of pyridine rings is 1. The molecule has 1 heterocycles. The van der Waals surface area contributed by atoms with Crippen LogP contribution in [0.15, 0.2) is 36.7 Å². The Bertz CT molecular complexity index is 462. The first-order valence-corrected chi connectivity index (χ1v) is 6.14. The van der Waals surface area contributed by atoms with Crippen molar-refractivity contribution in [2.24, 2.45) is 5.73 Å². The van der Waals surface area contributed by atoms with Crippen LogP contribution in [0.5, 0.6) is 0 Å². The van der Waals surface area contributed by atoms with Crippen molar-refractivity contribution in [1.82, 2.24) is 10.3 Å². The molecule has 1 aromatic heterocycles. The highest BCUT2D eigenvalue weighted by atomic mass is 14.8. The van der Waals surface area contributed by atoms with Gasteiger partial charge >= 0.3 is 0 Å². The van der Waals surface area contributed by atoms with Crippen molar-refractivity contribution < 1.29 is 0 Å². The number of nitrogens with zero attached hydrogens (tertiary/aromatic N) is 1. The first-order chi connectivity index (χ1) is 8.42. The first-order valence-electron chi connectivity index (χ1n) is 6.14. The van der Waals surface area contributed by atoms with E-state index >= 15 is 0 Å². The fourth-order valence-electron chi connectivity index (χ4n) is 1.94. The molecule has 0 bridgehead atoms. The molecule has 0 aliphatic heterocycles. The Balaban J connectivity index is 1.98. The normalized spacial score (nSPS) is 10.9. The Kier molecular flexibility index (Phi) is 4.47. The summed E-state index contributed by atoms with van der Waals surface area (Å²) >= 11 is 0. The molecule has 0 radical (unpaired) electrons. The predicted octanol–water partition coefficient (Wildman–Crippen LogP) is 2.06. The quantitative estimate of drug-likeness (QED) is 0.745. The van der Waals surface area contributed by atoms with Gasteiger partial charge in [0.25, 0.3) is 0 Å². The molecule has 3 heteroatoms. The first kappa shape index (κ1) is 12.0. The minimum absolute atomic E-state index is 0.775. The van der Waals surface area contributed by atoms with E-state index in [2.05, 4.69) is 28.5 Å². The Morgan fingerprint density at radius 2 is 2.00 bits per heavy atom. The second-order valence-electron chi connectivity index (χ2n) is 4.19. The van der Waals surface area contributed by atoms with Gasteiger partial charge in [-0.05, 0) is 36.9 Å². The zero-order valence-corrected chi connectivity index (χ0v) is 10.0. The number of aromatic nitrogens is 1. The van der Waals surface area contributed by atoms with E-state index in [-0.39, 0.29) is 0 Å². The molecular weight excluding hydrogens is 210 g/mol. The molecule has 17 heavy (non-hydrogen) atoms. The zero-order chi connectivity index (χ0) is 11.9. The van der Waals surface area contributed by atoms with Gasteiger partial charge in [-0.3, -0.25) is 4.98 Å². The maximum absolute atomic E-state index is 5.46. The maximum atomic E-state index is 5.46. The van der Waals surface area contributed by atoms with Crippen molar-refractivity contribution in [3.05, 3.63) is 42.2 Å². The lowest BCUT2D eigenvalue weighted by Crippen LogP contribution is -2.16. The highest BCUT2D eigenvalue weighted by molar-refractivity contribution is 5.84. The fraction of sp³-hybridized carbons (Fsp3) is 0.357. The minimum atomic E-state index is 0.775. The largest absolute Gasteiger partial charge is 0.330 e. The van der Waals surface area contributed by atoms with Crippen molar-refractivity contribution >= 4 is 10.8 Å². The number of hydrogen-bond acceptors (Lipinski definition) is 3. The molecule has 0 spiro atoms. The van der Waals surface area contributed by atoms with E-state index in [4.69, 9.17) is 5.73 Å². The monoisotopic (exact) mass is 229 g/mol. The lowest BCUT2D eigenvalue weighted by Gasteiger charge is -2.07. The van der Waals surface area contributed by atoms with Crippen LogP contribution >= 0.6 is 0 Å². The molecule has 0 atom stereocenters. The summed E-state index contributed by atoms with van der Waals surface area (Å²) < 4.78 is 0. The molecule has 0 saturated carbocycles. The summed E-state index contributed by atoms with van der Waals surface area (Å²) in [5.41, 5.74) is 6.72. The van der Waals surface area contributed by atoms with Crippen LogP contribution in [0.2, 0.25) is 0 Å². The molecule has 3 N–H and O–H groups in total. The molecule has 0 aliphatic rings. The van der Waals surface area contributed by atoms with Crippen LogP contribution in [-0.2, 0) is 6.54 Å². The molecule has 2 rings (SSSR count). The van der Waals surface area contributed by atoms with Gasteiger partial charge in [-0.1, -0.05) is 24.3 Å². The van der Waals surface area contributed by atoms with Crippen LogP contribution in [0.25, 0.3) is 10.8 Å². The van der Waals surface area contributed by atoms with Crippen molar-refractivity contribution in [2.75, 3.05) is 13.1 Å². The van der Waals surface area contributed by atoms with Crippen LogP contribution in [0.3, 0.4) is 0 Å². The van der Waals surface area contributed by atoms with Crippen LogP contribution in [-0.4, -0.2) is 18.1 Å². The Hall–Kier alpha value is -1.45. The third-order valence-electron chi connectivity index (χ3n) is 2.87. The van der Waals surface area contributed by atoms with E-state index in [1.54, 1.807) is 0 Å². The van der Waals surface area contributed by atoms with Gasteiger partial charge in [-0.15, -0.1) is 0 Å². The van der Waals surface area contributed by atoms with E-state index in [0.29, 0.717) is 0 Å². The van der Waals surface area contributed by atoms with Crippen LogP contribution < -0.4 is 11.1 Å². The maximum Gasteiger partial charge on any atom is 0.0346 e. The van der Waals surface area contributed by atoms with Crippen LogP contribution in [0.1, 0.15) is 18.4 Å². The summed E-state index contributed by atoms with van der Waals surface area (Å²) in [6.07, 6.45) is 6.07. The zero-order valence-electron chi connectivity index (χ0n) is 10.0. The molecule has 0 unspecified atom stereocenters. The van der Waals surface area contributed by atoms with E-state index in [1.165, 1.54) is 16.3 Å². The summed E-state index contributed by atoms with van der Waals surface area (Å²) in [7, 11) is 0. The minimum Gasteiger partial charge on any atom is -0.330 e. The third kappa shape index (κ3) is 3.25. The highest BCUT2D eigenvalue weighted by Gasteiger charge is 1.99. The average molecular weight is 229 g/mol.